The Morgan fingerprint density at radius 2 is 1.81 bits per heavy atom. The highest BCUT2D eigenvalue weighted by Gasteiger charge is 2.17. The van der Waals surface area contributed by atoms with Gasteiger partial charge < -0.3 is 0 Å². The molecule has 0 aliphatic carbocycles. The van der Waals surface area contributed by atoms with Crippen molar-refractivity contribution in [3.63, 3.8) is 0 Å². The highest BCUT2D eigenvalue weighted by molar-refractivity contribution is 7.17. The first-order valence-corrected chi connectivity index (χ1v) is 10.3. The zero-order valence-corrected chi connectivity index (χ0v) is 17.2. The summed E-state index contributed by atoms with van der Waals surface area (Å²) >= 11 is 7.15. The van der Waals surface area contributed by atoms with Crippen molar-refractivity contribution in [1.29, 1.82) is 0 Å². The molecule has 5 aromatic rings. The second kappa shape index (κ2) is 7.29. The van der Waals surface area contributed by atoms with Crippen LogP contribution in [0.2, 0.25) is 5.02 Å². The monoisotopic (exact) mass is 454 g/mol. The zero-order valence-electron chi connectivity index (χ0n) is 15.7. The van der Waals surface area contributed by atoms with Gasteiger partial charge >= 0.3 is 5.69 Å². The van der Waals surface area contributed by atoms with Gasteiger partial charge in [-0.1, -0.05) is 11.6 Å². The standard InChI is InChI=1S/C21H12ClFN4O3S/c22-12-1-6-17-24-14(9-18(28)26(17)10-12)11-25-16-7-8-31-19(16)20(29)27(21(25)30)15-4-2-13(23)3-5-15/h1-10H,11H2. The highest BCUT2D eigenvalue weighted by atomic mass is 35.5. The SMILES string of the molecule is O=c1c2sccc2n(Cc2cc(=O)n3cc(Cl)ccc3n2)c(=O)n1-c1ccc(F)cc1. The lowest BCUT2D eigenvalue weighted by Crippen LogP contribution is -2.39. The minimum Gasteiger partial charge on any atom is -0.286 e. The lowest BCUT2D eigenvalue weighted by Gasteiger charge is -2.12. The first kappa shape index (κ1) is 19.4. The van der Waals surface area contributed by atoms with Gasteiger partial charge in [0.15, 0.2) is 0 Å². The normalized spacial score (nSPS) is 11.4. The topological polar surface area (TPSA) is 78.4 Å². The average molecular weight is 455 g/mol. The fraction of sp³-hybridized carbons (Fsp3) is 0.0476. The summed E-state index contributed by atoms with van der Waals surface area (Å²) in [6.45, 7) is -0.0259. The second-order valence-corrected chi connectivity index (χ2v) is 8.13. The Labute approximate surface area is 181 Å². The van der Waals surface area contributed by atoms with Crippen LogP contribution in [0.25, 0.3) is 21.6 Å². The van der Waals surface area contributed by atoms with E-state index in [0.717, 1.165) is 4.57 Å². The van der Waals surface area contributed by atoms with E-state index < -0.39 is 17.1 Å². The summed E-state index contributed by atoms with van der Waals surface area (Å²) in [6.07, 6.45) is 1.47. The van der Waals surface area contributed by atoms with Crippen LogP contribution in [0.4, 0.5) is 4.39 Å². The molecule has 0 atom stereocenters. The van der Waals surface area contributed by atoms with Gasteiger partial charge in [0.05, 0.1) is 28.5 Å². The number of fused-ring (bicyclic) bond motifs is 2. The molecule has 4 aromatic heterocycles. The molecule has 0 fully saturated rings. The minimum absolute atomic E-state index is 0.0259. The molecule has 7 nitrogen and oxygen atoms in total. The third kappa shape index (κ3) is 3.28. The third-order valence-corrected chi connectivity index (χ3v) is 5.95. The van der Waals surface area contributed by atoms with E-state index in [-0.39, 0.29) is 17.8 Å². The first-order valence-electron chi connectivity index (χ1n) is 9.09. The first-order chi connectivity index (χ1) is 14.9. The number of nitrogens with zero attached hydrogens (tertiary/aromatic N) is 4. The summed E-state index contributed by atoms with van der Waals surface area (Å²) in [4.78, 5) is 43.2. The van der Waals surface area contributed by atoms with Crippen LogP contribution in [-0.4, -0.2) is 18.5 Å². The van der Waals surface area contributed by atoms with Gasteiger partial charge in [0.25, 0.3) is 11.1 Å². The summed E-state index contributed by atoms with van der Waals surface area (Å²) in [7, 11) is 0. The Morgan fingerprint density at radius 1 is 1.03 bits per heavy atom. The number of hydrogen-bond acceptors (Lipinski definition) is 5. The van der Waals surface area contributed by atoms with E-state index in [0.29, 0.717) is 26.6 Å². The molecule has 0 bridgehead atoms. The van der Waals surface area contributed by atoms with E-state index in [1.165, 1.54) is 56.8 Å². The average Bonchev–Trinajstić information content (AvgIpc) is 3.23. The second-order valence-electron chi connectivity index (χ2n) is 6.78. The molecule has 4 heterocycles. The van der Waals surface area contributed by atoms with Crippen molar-refractivity contribution >= 4 is 38.8 Å². The lowest BCUT2D eigenvalue weighted by molar-refractivity contribution is 0.626. The Balaban J connectivity index is 1.73. The predicted octanol–water partition coefficient (Wildman–Crippen LogP) is 3.06. The van der Waals surface area contributed by atoms with Crippen molar-refractivity contribution in [1.82, 2.24) is 18.5 Å². The molecule has 1 aromatic carbocycles. The molecular weight excluding hydrogens is 443 g/mol. The smallest absolute Gasteiger partial charge is 0.286 e. The molecule has 0 spiro atoms. The van der Waals surface area contributed by atoms with Gasteiger partial charge in [0.2, 0.25) is 0 Å². The van der Waals surface area contributed by atoms with Crippen molar-refractivity contribution in [2.75, 3.05) is 0 Å². The number of thiophene rings is 1. The molecule has 0 saturated heterocycles. The molecule has 0 aliphatic rings. The molecule has 5 rings (SSSR count). The van der Waals surface area contributed by atoms with E-state index >= 15 is 0 Å². The van der Waals surface area contributed by atoms with Gasteiger partial charge in [-0.15, -0.1) is 11.3 Å². The van der Waals surface area contributed by atoms with E-state index in [1.807, 2.05) is 0 Å². The van der Waals surface area contributed by atoms with Crippen LogP contribution in [0.15, 0.2) is 74.5 Å². The zero-order chi connectivity index (χ0) is 21.7. The third-order valence-electron chi connectivity index (χ3n) is 4.84. The molecule has 10 heteroatoms. The molecular formula is C21H12ClFN4O3S. The summed E-state index contributed by atoms with van der Waals surface area (Å²) in [5.41, 5.74) is -0.0127. The van der Waals surface area contributed by atoms with E-state index in [1.54, 1.807) is 23.6 Å². The maximum Gasteiger partial charge on any atom is 0.336 e. The highest BCUT2D eigenvalue weighted by Crippen LogP contribution is 2.17. The lowest BCUT2D eigenvalue weighted by atomic mass is 10.3. The van der Waals surface area contributed by atoms with Crippen LogP contribution in [0.5, 0.6) is 0 Å². The maximum atomic E-state index is 13.3. The van der Waals surface area contributed by atoms with Crippen molar-refractivity contribution < 1.29 is 4.39 Å². The largest absolute Gasteiger partial charge is 0.336 e. The van der Waals surface area contributed by atoms with Crippen molar-refractivity contribution in [2.24, 2.45) is 0 Å². The number of aromatic nitrogens is 4. The number of rotatable bonds is 3. The van der Waals surface area contributed by atoms with Crippen molar-refractivity contribution in [3.8, 4) is 5.69 Å². The molecule has 154 valence electrons. The number of pyridine rings is 1. The summed E-state index contributed by atoms with van der Waals surface area (Å²) in [5.74, 6) is -0.477. The number of benzene rings is 1. The van der Waals surface area contributed by atoms with Crippen LogP contribution in [0.1, 0.15) is 5.69 Å². The number of hydrogen-bond donors (Lipinski definition) is 0. The Kier molecular flexibility index (Phi) is 4.57. The molecule has 31 heavy (non-hydrogen) atoms. The predicted molar refractivity (Wildman–Crippen MR) is 117 cm³/mol. The van der Waals surface area contributed by atoms with Crippen LogP contribution in [0.3, 0.4) is 0 Å². The summed E-state index contributed by atoms with van der Waals surface area (Å²) in [5, 5.41) is 2.11. The molecule has 0 amide bonds. The molecule has 0 N–H and O–H groups in total. The quantitative estimate of drug-likeness (QED) is 0.420. The van der Waals surface area contributed by atoms with Crippen LogP contribution in [0, 0.1) is 5.82 Å². The summed E-state index contributed by atoms with van der Waals surface area (Å²) < 4.78 is 17.4. The summed E-state index contributed by atoms with van der Waals surface area (Å²) in [6, 6.07) is 11.3. The van der Waals surface area contributed by atoms with Gasteiger partial charge in [-0.05, 0) is 47.8 Å². The minimum atomic E-state index is -0.611. The number of halogens is 2. The molecule has 0 aliphatic heterocycles. The molecule has 0 saturated carbocycles. The fourth-order valence-corrected chi connectivity index (χ4v) is 4.41. The van der Waals surface area contributed by atoms with Gasteiger partial charge in [0.1, 0.15) is 16.2 Å². The van der Waals surface area contributed by atoms with Gasteiger partial charge in [-0.2, -0.15) is 0 Å². The Bertz CT molecular complexity index is 1650. The Hall–Kier alpha value is -3.56. The molecule has 0 unspecified atom stereocenters. The molecule has 0 radical (unpaired) electrons. The van der Waals surface area contributed by atoms with Gasteiger partial charge in [-0.3, -0.25) is 18.6 Å². The van der Waals surface area contributed by atoms with Gasteiger partial charge in [-0.25, -0.2) is 18.7 Å². The van der Waals surface area contributed by atoms with Crippen LogP contribution < -0.4 is 16.8 Å². The Morgan fingerprint density at radius 3 is 2.58 bits per heavy atom. The van der Waals surface area contributed by atoms with Crippen LogP contribution >= 0.6 is 22.9 Å². The maximum absolute atomic E-state index is 13.3. The van der Waals surface area contributed by atoms with E-state index in [4.69, 9.17) is 11.6 Å². The van der Waals surface area contributed by atoms with Crippen molar-refractivity contribution in [3.05, 3.63) is 108 Å². The van der Waals surface area contributed by atoms with Crippen molar-refractivity contribution in [2.45, 2.75) is 6.54 Å². The fourth-order valence-electron chi connectivity index (χ4n) is 3.43. The van der Waals surface area contributed by atoms with E-state index in [9.17, 15) is 18.8 Å². The van der Waals surface area contributed by atoms with Gasteiger partial charge in [0, 0.05) is 12.3 Å². The van der Waals surface area contributed by atoms with Crippen LogP contribution in [-0.2, 0) is 6.54 Å². The van der Waals surface area contributed by atoms with E-state index in [2.05, 4.69) is 4.98 Å².